The molecule has 0 saturated heterocycles. The maximum atomic E-state index is 11.9. The van der Waals surface area contributed by atoms with Crippen molar-refractivity contribution in [2.24, 2.45) is 5.41 Å². The maximum Gasteiger partial charge on any atom is 0.232 e. The molecule has 0 spiro atoms. The van der Waals surface area contributed by atoms with E-state index in [4.69, 9.17) is 11.6 Å². The molecule has 1 aromatic carbocycles. The van der Waals surface area contributed by atoms with Crippen LogP contribution in [0.4, 0.5) is 5.69 Å². The third kappa shape index (κ3) is 2.49. The summed E-state index contributed by atoms with van der Waals surface area (Å²) >= 11 is 6.23. The van der Waals surface area contributed by atoms with E-state index in [0.717, 1.165) is 17.5 Å². The first-order valence-electron chi connectivity index (χ1n) is 6.58. The molecule has 1 aliphatic rings. The van der Waals surface area contributed by atoms with Gasteiger partial charge in [0.05, 0.1) is 22.7 Å². The van der Waals surface area contributed by atoms with Gasteiger partial charge in [0.15, 0.2) is 0 Å². The molecule has 1 aromatic rings. The number of aliphatic hydroxyl groups excluding tert-OH is 1. The Hall–Kier alpha value is -1.06. The Morgan fingerprint density at radius 2 is 2.05 bits per heavy atom. The Bertz CT molecular complexity index is 520. The third-order valence-corrected chi connectivity index (χ3v) is 3.93. The molecule has 2 atom stereocenters. The highest BCUT2D eigenvalue weighted by molar-refractivity contribution is 6.34. The van der Waals surface area contributed by atoms with Crippen molar-refractivity contribution in [3.05, 3.63) is 28.3 Å². The van der Waals surface area contributed by atoms with Crippen LogP contribution in [0.2, 0.25) is 5.02 Å². The molecule has 104 valence electrons. The van der Waals surface area contributed by atoms with Crippen molar-refractivity contribution >= 4 is 23.2 Å². The molecule has 2 rings (SSSR count). The average molecular weight is 282 g/mol. The molecule has 0 bridgehead atoms. The number of rotatable bonds is 2. The number of halogens is 1. The molecule has 19 heavy (non-hydrogen) atoms. The van der Waals surface area contributed by atoms with Crippen molar-refractivity contribution in [1.29, 1.82) is 0 Å². The van der Waals surface area contributed by atoms with E-state index in [1.807, 2.05) is 33.8 Å². The van der Waals surface area contributed by atoms with Gasteiger partial charge in [-0.05, 0) is 29.0 Å². The SMILES string of the molecule is CCC1C(=O)Nc2c(Cl)cc(C(O)C(C)(C)C)cc21. The normalized spacial score (nSPS) is 20.1. The number of fused-ring (bicyclic) bond motifs is 1. The molecule has 1 amide bonds. The smallest absolute Gasteiger partial charge is 0.232 e. The van der Waals surface area contributed by atoms with Gasteiger partial charge < -0.3 is 10.4 Å². The monoisotopic (exact) mass is 281 g/mol. The first-order valence-corrected chi connectivity index (χ1v) is 6.95. The number of carbonyl (C=O) groups is 1. The van der Waals surface area contributed by atoms with E-state index >= 15 is 0 Å². The molecule has 2 N–H and O–H groups in total. The Kier molecular flexibility index (Phi) is 3.63. The van der Waals surface area contributed by atoms with E-state index in [9.17, 15) is 9.90 Å². The van der Waals surface area contributed by atoms with Crippen LogP contribution in [-0.4, -0.2) is 11.0 Å². The Morgan fingerprint density at radius 3 is 2.58 bits per heavy atom. The van der Waals surface area contributed by atoms with Crippen molar-refractivity contribution in [1.82, 2.24) is 0 Å². The second-order valence-corrected chi connectivity index (χ2v) is 6.59. The zero-order chi connectivity index (χ0) is 14.4. The molecule has 1 heterocycles. The van der Waals surface area contributed by atoms with Crippen LogP contribution in [0.25, 0.3) is 0 Å². The Labute approximate surface area is 119 Å². The number of hydrogen-bond acceptors (Lipinski definition) is 2. The molecule has 1 aliphatic heterocycles. The largest absolute Gasteiger partial charge is 0.388 e. The van der Waals surface area contributed by atoms with Crippen molar-refractivity contribution in [2.45, 2.75) is 46.1 Å². The van der Waals surface area contributed by atoms with Gasteiger partial charge in [-0.3, -0.25) is 4.79 Å². The van der Waals surface area contributed by atoms with Gasteiger partial charge >= 0.3 is 0 Å². The van der Waals surface area contributed by atoms with Gasteiger partial charge in [-0.1, -0.05) is 45.4 Å². The number of hydrogen-bond donors (Lipinski definition) is 2. The van der Waals surface area contributed by atoms with Crippen molar-refractivity contribution in [2.75, 3.05) is 5.32 Å². The molecule has 0 radical (unpaired) electrons. The zero-order valence-electron chi connectivity index (χ0n) is 11.7. The Balaban J connectivity index is 2.50. The fourth-order valence-electron chi connectivity index (χ4n) is 2.47. The topological polar surface area (TPSA) is 49.3 Å². The van der Waals surface area contributed by atoms with Crippen molar-refractivity contribution in [3.63, 3.8) is 0 Å². The van der Waals surface area contributed by atoms with E-state index in [0.29, 0.717) is 10.7 Å². The van der Waals surface area contributed by atoms with Crippen molar-refractivity contribution < 1.29 is 9.90 Å². The van der Waals surface area contributed by atoms with Gasteiger partial charge in [0.2, 0.25) is 5.91 Å². The van der Waals surface area contributed by atoms with Crippen LogP contribution in [0.1, 0.15) is 57.3 Å². The fraction of sp³-hybridized carbons (Fsp3) is 0.533. The van der Waals surface area contributed by atoms with Gasteiger partial charge in [0, 0.05) is 0 Å². The van der Waals surface area contributed by atoms with Crippen LogP contribution in [-0.2, 0) is 4.79 Å². The lowest BCUT2D eigenvalue weighted by atomic mass is 9.83. The summed E-state index contributed by atoms with van der Waals surface area (Å²) in [6, 6.07) is 3.65. The van der Waals surface area contributed by atoms with Crippen LogP contribution >= 0.6 is 11.6 Å². The van der Waals surface area contributed by atoms with Gasteiger partial charge in [0.25, 0.3) is 0 Å². The minimum Gasteiger partial charge on any atom is -0.388 e. The summed E-state index contributed by atoms with van der Waals surface area (Å²) in [6.45, 7) is 7.89. The molecule has 3 nitrogen and oxygen atoms in total. The van der Waals surface area contributed by atoms with E-state index in [1.54, 1.807) is 6.07 Å². The molecule has 0 aliphatic carbocycles. The second-order valence-electron chi connectivity index (χ2n) is 6.19. The summed E-state index contributed by atoms with van der Waals surface area (Å²) in [4.78, 5) is 11.9. The van der Waals surface area contributed by atoms with Crippen LogP contribution < -0.4 is 5.32 Å². The minimum absolute atomic E-state index is 0.0122. The first-order chi connectivity index (χ1) is 8.75. The van der Waals surface area contributed by atoms with Crippen LogP contribution in [0, 0.1) is 5.41 Å². The molecule has 0 saturated carbocycles. The van der Waals surface area contributed by atoms with Crippen LogP contribution in [0.3, 0.4) is 0 Å². The lowest BCUT2D eigenvalue weighted by Gasteiger charge is -2.27. The predicted molar refractivity (Wildman–Crippen MR) is 77.5 cm³/mol. The van der Waals surface area contributed by atoms with E-state index in [1.165, 1.54) is 0 Å². The first kappa shape index (κ1) is 14.4. The summed E-state index contributed by atoms with van der Waals surface area (Å²) in [5.41, 5.74) is 2.10. The standard InChI is InChI=1S/C15H20ClNO2/c1-5-9-10-6-8(13(18)15(2,3)4)7-11(16)12(10)17-14(9)19/h6-7,9,13,18H,5H2,1-4H3,(H,17,19). The molecular formula is C15H20ClNO2. The van der Waals surface area contributed by atoms with E-state index in [-0.39, 0.29) is 17.2 Å². The highest BCUT2D eigenvalue weighted by Crippen LogP contribution is 2.43. The molecule has 2 unspecified atom stereocenters. The number of amides is 1. The number of benzene rings is 1. The van der Waals surface area contributed by atoms with E-state index in [2.05, 4.69) is 5.32 Å². The lowest BCUT2D eigenvalue weighted by molar-refractivity contribution is -0.117. The van der Waals surface area contributed by atoms with Crippen LogP contribution in [0.15, 0.2) is 12.1 Å². The highest BCUT2D eigenvalue weighted by atomic mass is 35.5. The fourth-order valence-corrected chi connectivity index (χ4v) is 2.75. The summed E-state index contributed by atoms with van der Waals surface area (Å²) < 4.78 is 0. The molecule has 0 fully saturated rings. The van der Waals surface area contributed by atoms with Gasteiger partial charge in [-0.25, -0.2) is 0 Å². The Morgan fingerprint density at radius 1 is 1.42 bits per heavy atom. The number of carbonyl (C=O) groups excluding carboxylic acids is 1. The highest BCUT2D eigenvalue weighted by Gasteiger charge is 2.33. The molecule has 0 aromatic heterocycles. The minimum atomic E-state index is -0.608. The van der Waals surface area contributed by atoms with Crippen LogP contribution in [0.5, 0.6) is 0 Å². The second kappa shape index (κ2) is 4.80. The zero-order valence-corrected chi connectivity index (χ0v) is 12.5. The van der Waals surface area contributed by atoms with Gasteiger partial charge in [0.1, 0.15) is 0 Å². The summed E-state index contributed by atoms with van der Waals surface area (Å²) in [7, 11) is 0. The number of aliphatic hydroxyl groups is 1. The quantitative estimate of drug-likeness (QED) is 0.865. The summed E-state index contributed by atoms with van der Waals surface area (Å²) in [5.74, 6) is -0.179. The number of anilines is 1. The van der Waals surface area contributed by atoms with Gasteiger partial charge in [-0.15, -0.1) is 0 Å². The van der Waals surface area contributed by atoms with Crippen molar-refractivity contribution in [3.8, 4) is 0 Å². The predicted octanol–water partition coefficient (Wildman–Crippen LogP) is 3.87. The van der Waals surface area contributed by atoms with E-state index < -0.39 is 6.10 Å². The lowest BCUT2D eigenvalue weighted by Crippen LogP contribution is -2.18. The maximum absolute atomic E-state index is 11.9. The molecular weight excluding hydrogens is 262 g/mol. The van der Waals surface area contributed by atoms with Gasteiger partial charge in [-0.2, -0.15) is 0 Å². The number of nitrogens with one attached hydrogen (secondary N) is 1. The summed E-state index contributed by atoms with van der Waals surface area (Å²) in [5, 5.41) is 13.7. The molecule has 4 heteroatoms. The third-order valence-electron chi connectivity index (χ3n) is 3.63. The average Bonchev–Trinajstić information content (AvgIpc) is 2.63. The summed E-state index contributed by atoms with van der Waals surface area (Å²) in [6.07, 6.45) is 0.119.